The van der Waals surface area contributed by atoms with E-state index in [2.05, 4.69) is 5.32 Å². The van der Waals surface area contributed by atoms with Crippen LogP contribution in [0.2, 0.25) is 5.02 Å². The molecule has 4 N–H and O–H groups in total. The Hall–Kier alpha value is -1.26. The third-order valence-electron chi connectivity index (χ3n) is 3.51. The van der Waals surface area contributed by atoms with Gasteiger partial charge in [0.25, 0.3) is 5.91 Å². The van der Waals surface area contributed by atoms with Gasteiger partial charge in [-0.3, -0.25) is 4.79 Å². The summed E-state index contributed by atoms with van der Waals surface area (Å²) in [6.45, 7) is -0.0525. The van der Waals surface area contributed by atoms with Crippen molar-refractivity contribution in [3.8, 4) is 0 Å². The van der Waals surface area contributed by atoms with Gasteiger partial charge in [0.05, 0.1) is 22.7 Å². The molecule has 1 amide bonds. The highest BCUT2D eigenvalue weighted by Crippen LogP contribution is 2.30. The number of aliphatic hydroxyl groups is 1. The standard InChI is InChI=1S/C13H17ClN2O2/c14-9-4-3-5-10(15)11(9)12(18)16-13(8-17)6-1-2-7-13/h3-5,17H,1-2,6-8,15H2,(H,16,18). The van der Waals surface area contributed by atoms with Crippen LogP contribution in [-0.2, 0) is 0 Å². The molecule has 0 unspecified atom stereocenters. The van der Waals surface area contributed by atoms with E-state index in [4.69, 9.17) is 17.3 Å². The van der Waals surface area contributed by atoms with Crippen LogP contribution in [0.4, 0.5) is 5.69 Å². The molecule has 0 bridgehead atoms. The molecule has 1 aliphatic carbocycles. The summed E-state index contributed by atoms with van der Waals surface area (Å²) in [5.41, 5.74) is 5.91. The van der Waals surface area contributed by atoms with Crippen molar-refractivity contribution in [1.82, 2.24) is 5.32 Å². The fraction of sp³-hybridized carbons (Fsp3) is 0.462. The van der Waals surface area contributed by atoms with E-state index in [-0.39, 0.29) is 12.5 Å². The quantitative estimate of drug-likeness (QED) is 0.734. The van der Waals surface area contributed by atoms with Gasteiger partial charge in [-0.05, 0) is 25.0 Å². The van der Waals surface area contributed by atoms with Gasteiger partial charge in [0.15, 0.2) is 0 Å². The summed E-state index contributed by atoms with van der Waals surface area (Å²) in [5, 5.41) is 12.7. The molecule has 1 aromatic carbocycles. The molecule has 1 aliphatic rings. The summed E-state index contributed by atoms with van der Waals surface area (Å²) in [5.74, 6) is -0.311. The van der Waals surface area contributed by atoms with Crippen LogP contribution >= 0.6 is 11.6 Å². The second-order valence-electron chi connectivity index (χ2n) is 4.80. The molecule has 0 radical (unpaired) electrons. The van der Waals surface area contributed by atoms with Crippen molar-refractivity contribution in [2.24, 2.45) is 0 Å². The number of carbonyl (C=O) groups excluding carboxylic acids is 1. The summed E-state index contributed by atoms with van der Waals surface area (Å²) in [7, 11) is 0. The zero-order chi connectivity index (χ0) is 13.2. The molecule has 98 valence electrons. The van der Waals surface area contributed by atoms with Crippen LogP contribution in [0, 0.1) is 0 Å². The number of halogens is 1. The first kappa shape index (κ1) is 13.2. The van der Waals surface area contributed by atoms with Gasteiger partial charge in [-0.25, -0.2) is 0 Å². The molecule has 1 fully saturated rings. The molecule has 4 nitrogen and oxygen atoms in total. The summed E-state index contributed by atoms with van der Waals surface area (Å²) in [4.78, 5) is 12.2. The number of anilines is 1. The summed E-state index contributed by atoms with van der Waals surface area (Å²) < 4.78 is 0. The third kappa shape index (κ3) is 2.44. The SMILES string of the molecule is Nc1cccc(Cl)c1C(=O)NC1(CO)CCCC1. The fourth-order valence-electron chi connectivity index (χ4n) is 2.46. The van der Waals surface area contributed by atoms with E-state index in [1.165, 1.54) is 0 Å². The Morgan fingerprint density at radius 3 is 2.67 bits per heavy atom. The van der Waals surface area contributed by atoms with Gasteiger partial charge in [-0.15, -0.1) is 0 Å². The number of carbonyl (C=O) groups is 1. The second kappa shape index (κ2) is 5.16. The summed E-state index contributed by atoms with van der Waals surface area (Å²) in [6, 6.07) is 4.97. The van der Waals surface area contributed by atoms with Crippen LogP contribution in [0.3, 0.4) is 0 Å². The van der Waals surface area contributed by atoms with E-state index in [1.807, 2.05) is 0 Å². The minimum atomic E-state index is -0.511. The molecule has 18 heavy (non-hydrogen) atoms. The Morgan fingerprint density at radius 2 is 2.11 bits per heavy atom. The zero-order valence-electron chi connectivity index (χ0n) is 10.1. The highest BCUT2D eigenvalue weighted by Gasteiger charge is 2.35. The topological polar surface area (TPSA) is 75.4 Å². The van der Waals surface area contributed by atoms with Crippen LogP contribution in [0.15, 0.2) is 18.2 Å². The van der Waals surface area contributed by atoms with E-state index < -0.39 is 5.54 Å². The average molecular weight is 269 g/mol. The predicted octanol–water partition coefficient (Wildman–Crippen LogP) is 1.96. The Labute approximate surface area is 111 Å². The minimum absolute atomic E-state index is 0.0525. The molecule has 0 aromatic heterocycles. The molecule has 0 saturated heterocycles. The monoisotopic (exact) mass is 268 g/mol. The number of nitrogens with one attached hydrogen (secondary N) is 1. The van der Waals surface area contributed by atoms with Crippen LogP contribution < -0.4 is 11.1 Å². The lowest BCUT2D eigenvalue weighted by molar-refractivity contribution is 0.0839. The normalized spacial score (nSPS) is 17.7. The first-order valence-electron chi connectivity index (χ1n) is 6.05. The molecule has 0 heterocycles. The maximum absolute atomic E-state index is 12.2. The number of rotatable bonds is 3. The van der Waals surface area contributed by atoms with Gasteiger partial charge in [-0.1, -0.05) is 30.5 Å². The number of benzene rings is 1. The number of amides is 1. The van der Waals surface area contributed by atoms with E-state index in [1.54, 1.807) is 18.2 Å². The Bertz CT molecular complexity index is 436. The largest absolute Gasteiger partial charge is 0.398 e. The third-order valence-corrected chi connectivity index (χ3v) is 3.83. The van der Waals surface area contributed by atoms with Crippen molar-refractivity contribution in [2.45, 2.75) is 31.2 Å². The number of aliphatic hydroxyl groups excluding tert-OH is 1. The molecular formula is C13H17ClN2O2. The fourth-order valence-corrected chi connectivity index (χ4v) is 2.73. The second-order valence-corrected chi connectivity index (χ2v) is 5.21. The summed E-state index contributed by atoms with van der Waals surface area (Å²) in [6.07, 6.45) is 3.61. The Balaban J connectivity index is 2.22. The average Bonchev–Trinajstić information content (AvgIpc) is 2.78. The molecule has 0 aliphatic heterocycles. The van der Waals surface area contributed by atoms with Crippen LogP contribution in [0.1, 0.15) is 36.0 Å². The number of nitrogen functional groups attached to an aromatic ring is 1. The Kier molecular flexibility index (Phi) is 3.78. The number of nitrogens with two attached hydrogens (primary N) is 1. The molecule has 0 atom stereocenters. The Morgan fingerprint density at radius 1 is 1.44 bits per heavy atom. The lowest BCUT2D eigenvalue weighted by atomic mass is 9.98. The van der Waals surface area contributed by atoms with Gasteiger partial charge in [-0.2, -0.15) is 0 Å². The summed E-state index contributed by atoms with van der Waals surface area (Å²) >= 11 is 6.00. The lowest BCUT2D eigenvalue weighted by Gasteiger charge is -2.28. The number of hydrogen-bond donors (Lipinski definition) is 3. The van der Waals surface area contributed by atoms with Gasteiger partial charge in [0.2, 0.25) is 0 Å². The van der Waals surface area contributed by atoms with Crippen LogP contribution in [-0.4, -0.2) is 23.2 Å². The first-order chi connectivity index (χ1) is 8.58. The van der Waals surface area contributed by atoms with Crippen molar-refractivity contribution in [3.05, 3.63) is 28.8 Å². The molecule has 5 heteroatoms. The van der Waals surface area contributed by atoms with Gasteiger partial charge in [0.1, 0.15) is 0 Å². The van der Waals surface area contributed by atoms with E-state index >= 15 is 0 Å². The molecule has 1 saturated carbocycles. The van der Waals surface area contributed by atoms with Crippen LogP contribution in [0.5, 0.6) is 0 Å². The van der Waals surface area contributed by atoms with Crippen molar-refractivity contribution in [1.29, 1.82) is 0 Å². The van der Waals surface area contributed by atoms with Crippen molar-refractivity contribution in [3.63, 3.8) is 0 Å². The predicted molar refractivity (Wildman–Crippen MR) is 71.6 cm³/mol. The molecule has 0 spiro atoms. The zero-order valence-corrected chi connectivity index (χ0v) is 10.8. The molecule has 1 aromatic rings. The molecule has 2 rings (SSSR count). The van der Waals surface area contributed by atoms with Gasteiger partial charge >= 0.3 is 0 Å². The van der Waals surface area contributed by atoms with Crippen molar-refractivity contribution in [2.75, 3.05) is 12.3 Å². The van der Waals surface area contributed by atoms with E-state index in [0.29, 0.717) is 16.3 Å². The highest BCUT2D eigenvalue weighted by molar-refractivity contribution is 6.34. The first-order valence-corrected chi connectivity index (χ1v) is 6.43. The smallest absolute Gasteiger partial charge is 0.255 e. The van der Waals surface area contributed by atoms with Crippen molar-refractivity contribution < 1.29 is 9.90 Å². The minimum Gasteiger partial charge on any atom is -0.398 e. The maximum Gasteiger partial charge on any atom is 0.255 e. The lowest BCUT2D eigenvalue weighted by Crippen LogP contribution is -2.49. The number of hydrogen-bond acceptors (Lipinski definition) is 3. The van der Waals surface area contributed by atoms with Gasteiger partial charge in [0, 0.05) is 5.69 Å². The maximum atomic E-state index is 12.2. The highest BCUT2D eigenvalue weighted by atomic mass is 35.5. The molecular weight excluding hydrogens is 252 g/mol. The van der Waals surface area contributed by atoms with E-state index in [0.717, 1.165) is 25.7 Å². The van der Waals surface area contributed by atoms with Gasteiger partial charge < -0.3 is 16.2 Å². The van der Waals surface area contributed by atoms with Crippen LogP contribution in [0.25, 0.3) is 0 Å². The van der Waals surface area contributed by atoms with E-state index in [9.17, 15) is 9.90 Å². The van der Waals surface area contributed by atoms with Crippen molar-refractivity contribution >= 4 is 23.2 Å².